The van der Waals surface area contributed by atoms with Crippen molar-refractivity contribution in [3.8, 4) is 0 Å². The molecule has 0 atom stereocenters. The number of anilines is 1. The number of fused-ring (bicyclic) bond motifs is 1. The van der Waals surface area contributed by atoms with Gasteiger partial charge in [-0.3, -0.25) is 4.98 Å². The Balaban J connectivity index is 1.67. The van der Waals surface area contributed by atoms with Crippen molar-refractivity contribution in [2.75, 3.05) is 18.4 Å². The molecule has 0 aliphatic carbocycles. The van der Waals surface area contributed by atoms with Crippen LogP contribution in [0, 0.1) is 0 Å². The van der Waals surface area contributed by atoms with Gasteiger partial charge < -0.3 is 5.32 Å². The Kier molecular flexibility index (Phi) is 3.90. The maximum Gasteiger partial charge on any atom is 0.240 e. The minimum atomic E-state index is -3.46. The zero-order valence-electron chi connectivity index (χ0n) is 11.5. The maximum absolute atomic E-state index is 12.3. The van der Waals surface area contributed by atoms with Crippen molar-refractivity contribution in [3.63, 3.8) is 0 Å². The molecule has 110 valence electrons. The molecule has 6 heteroatoms. The van der Waals surface area contributed by atoms with Gasteiger partial charge in [0.1, 0.15) is 0 Å². The number of benzene rings is 1. The van der Waals surface area contributed by atoms with Gasteiger partial charge in [0.25, 0.3) is 0 Å². The van der Waals surface area contributed by atoms with E-state index >= 15 is 0 Å². The van der Waals surface area contributed by atoms with Gasteiger partial charge in [-0.2, -0.15) is 0 Å². The molecule has 2 heterocycles. The lowest BCUT2D eigenvalue weighted by molar-refractivity contribution is 0.581. The highest BCUT2D eigenvalue weighted by Gasteiger charge is 2.17. The van der Waals surface area contributed by atoms with Gasteiger partial charge in [-0.25, -0.2) is 13.1 Å². The predicted octanol–water partition coefficient (Wildman–Crippen LogP) is 1.57. The number of rotatable bonds is 5. The Morgan fingerprint density at radius 1 is 1.24 bits per heavy atom. The van der Waals surface area contributed by atoms with Crippen LogP contribution < -0.4 is 10.0 Å². The fourth-order valence-corrected chi connectivity index (χ4v) is 3.47. The van der Waals surface area contributed by atoms with Gasteiger partial charge in [0.05, 0.1) is 4.90 Å². The summed E-state index contributed by atoms with van der Waals surface area (Å²) in [5.41, 5.74) is 2.96. The van der Waals surface area contributed by atoms with E-state index in [-0.39, 0.29) is 0 Å². The van der Waals surface area contributed by atoms with Crippen molar-refractivity contribution < 1.29 is 8.42 Å². The van der Waals surface area contributed by atoms with Gasteiger partial charge in [0.2, 0.25) is 10.0 Å². The summed E-state index contributed by atoms with van der Waals surface area (Å²) in [7, 11) is -3.46. The predicted molar refractivity (Wildman–Crippen MR) is 81.8 cm³/mol. The lowest BCUT2D eigenvalue weighted by Crippen LogP contribution is -2.26. The standard InChI is InChI=1S/C15H17N3O2S/c19-21(20,18-10-7-13-3-1-2-8-16-13)14-4-5-15-12(11-14)6-9-17-15/h1-5,8,11,17-18H,6-7,9-10H2. The van der Waals surface area contributed by atoms with Crippen molar-refractivity contribution in [3.05, 3.63) is 53.9 Å². The quantitative estimate of drug-likeness (QED) is 0.879. The summed E-state index contributed by atoms with van der Waals surface area (Å²) in [5, 5.41) is 3.22. The SMILES string of the molecule is O=S(=O)(NCCc1ccccn1)c1ccc2c(c1)CCN2. The van der Waals surface area contributed by atoms with Crippen LogP contribution in [0.3, 0.4) is 0 Å². The number of pyridine rings is 1. The van der Waals surface area contributed by atoms with Gasteiger partial charge >= 0.3 is 0 Å². The zero-order valence-corrected chi connectivity index (χ0v) is 12.4. The summed E-state index contributed by atoms with van der Waals surface area (Å²) >= 11 is 0. The van der Waals surface area contributed by atoms with Crippen molar-refractivity contribution in [2.24, 2.45) is 0 Å². The van der Waals surface area contributed by atoms with Gasteiger partial charge in [0, 0.05) is 37.1 Å². The van der Waals surface area contributed by atoms with Crippen molar-refractivity contribution >= 4 is 15.7 Å². The van der Waals surface area contributed by atoms with E-state index < -0.39 is 10.0 Å². The third-order valence-corrected chi connectivity index (χ3v) is 4.95. The molecule has 0 saturated heterocycles. The van der Waals surface area contributed by atoms with Crippen molar-refractivity contribution in [1.82, 2.24) is 9.71 Å². The number of aromatic nitrogens is 1. The monoisotopic (exact) mass is 303 g/mol. The summed E-state index contributed by atoms with van der Waals surface area (Å²) in [4.78, 5) is 4.50. The number of nitrogens with one attached hydrogen (secondary N) is 2. The molecular weight excluding hydrogens is 286 g/mol. The van der Waals surface area contributed by atoms with E-state index in [1.165, 1.54) is 0 Å². The third-order valence-electron chi connectivity index (χ3n) is 3.50. The Labute approximate surface area is 124 Å². The van der Waals surface area contributed by atoms with Crippen LogP contribution >= 0.6 is 0 Å². The molecule has 0 saturated carbocycles. The molecule has 1 aromatic carbocycles. The summed E-state index contributed by atoms with van der Waals surface area (Å²) in [6.45, 7) is 1.21. The van der Waals surface area contributed by atoms with Crippen molar-refractivity contribution in [1.29, 1.82) is 0 Å². The second kappa shape index (κ2) is 5.83. The molecule has 0 radical (unpaired) electrons. The molecule has 2 aromatic rings. The first-order valence-electron chi connectivity index (χ1n) is 6.91. The Morgan fingerprint density at radius 2 is 2.14 bits per heavy atom. The summed E-state index contributed by atoms with van der Waals surface area (Å²) in [6.07, 6.45) is 3.15. The van der Waals surface area contributed by atoms with E-state index in [0.717, 1.165) is 29.9 Å². The molecule has 1 aromatic heterocycles. The van der Waals surface area contributed by atoms with Gasteiger partial charge in [-0.05, 0) is 42.3 Å². The van der Waals surface area contributed by atoms with Crippen LogP contribution in [0.15, 0.2) is 47.5 Å². The maximum atomic E-state index is 12.3. The van der Waals surface area contributed by atoms with E-state index in [0.29, 0.717) is 17.9 Å². The smallest absolute Gasteiger partial charge is 0.240 e. The highest BCUT2D eigenvalue weighted by atomic mass is 32.2. The molecule has 3 rings (SSSR count). The Hall–Kier alpha value is -1.92. The van der Waals surface area contributed by atoms with Crippen molar-refractivity contribution in [2.45, 2.75) is 17.7 Å². The number of nitrogens with zero attached hydrogens (tertiary/aromatic N) is 1. The van der Waals surface area contributed by atoms with Crippen LogP contribution in [0.5, 0.6) is 0 Å². The molecule has 1 aliphatic rings. The van der Waals surface area contributed by atoms with Gasteiger partial charge in [0.15, 0.2) is 0 Å². The highest BCUT2D eigenvalue weighted by Crippen LogP contribution is 2.24. The van der Waals surface area contributed by atoms with E-state index in [9.17, 15) is 8.42 Å². The second-order valence-corrected chi connectivity index (χ2v) is 6.73. The first kappa shape index (κ1) is 14.0. The van der Waals surface area contributed by atoms with Crippen LogP contribution in [-0.4, -0.2) is 26.5 Å². The van der Waals surface area contributed by atoms with E-state index in [1.54, 1.807) is 18.3 Å². The number of sulfonamides is 1. The largest absolute Gasteiger partial charge is 0.384 e. The molecule has 0 amide bonds. The molecule has 21 heavy (non-hydrogen) atoms. The number of hydrogen-bond acceptors (Lipinski definition) is 4. The Bertz CT molecular complexity index is 730. The summed E-state index contributed by atoms with van der Waals surface area (Å²) in [6, 6.07) is 10.8. The minimum absolute atomic E-state index is 0.325. The van der Waals surface area contributed by atoms with Crippen LogP contribution in [0.1, 0.15) is 11.3 Å². The minimum Gasteiger partial charge on any atom is -0.384 e. The zero-order chi connectivity index (χ0) is 14.7. The van der Waals surface area contributed by atoms with Crippen LogP contribution in [0.4, 0.5) is 5.69 Å². The highest BCUT2D eigenvalue weighted by molar-refractivity contribution is 7.89. The summed E-state index contributed by atoms with van der Waals surface area (Å²) < 4.78 is 27.2. The normalized spacial score (nSPS) is 13.7. The average molecular weight is 303 g/mol. The third kappa shape index (κ3) is 3.22. The fraction of sp³-hybridized carbons (Fsp3) is 0.267. The molecule has 1 aliphatic heterocycles. The van der Waals surface area contributed by atoms with E-state index in [1.807, 2.05) is 24.3 Å². The topological polar surface area (TPSA) is 71.1 Å². The van der Waals surface area contributed by atoms with Gasteiger partial charge in [-0.15, -0.1) is 0 Å². The number of hydrogen-bond donors (Lipinski definition) is 2. The van der Waals surface area contributed by atoms with E-state index in [2.05, 4.69) is 15.0 Å². The Morgan fingerprint density at radius 3 is 2.95 bits per heavy atom. The van der Waals surface area contributed by atoms with E-state index in [4.69, 9.17) is 0 Å². The molecule has 0 bridgehead atoms. The van der Waals surface area contributed by atoms with Crippen LogP contribution in [0.2, 0.25) is 0 Å². The molecule has 5 nitrogen and oxygen atoms in total. The van der Waals surface area contributed by atoms with Crippen LogP contribution in [-0.2, 0) is 22.9 Å². The lowest BCUT2D eigenvalue weighted by atomic mass is 10.2. The molecule has 0 unspecified atom stereocenters. The lowest BCUT2D eigenvalue weighted by Gasteiger charge is -2.08. The first-order chi connectivity index (χ1) is 10.1. The first-order valence-corrected chi connectivity index (χ1v) is 8.40. The average Bonchev–Trinajstić information content (AvgIpc) is 2.95. The molecular formula is C15H17N3O2S. The van der Waals surface area contributed by atoms with Crippen LogP contribution in [0.25, 0.3) is 0 Å². The second-order valence-electron chi connectivity index (χ2n) is 4.96. The fourth-order valence-electron chi connectivity index (χ4n) is 2.39. The molecule has 0 fully saturated rings. The molecule has 0 spiro atoms. The molecule has 2 N–H and O–H groups in total. The van der Waals surface area contributed by atoms with Gasteiger partial charge in [-0.1, -0.05) is 6.07 Å². The summed E-state index contributed by atoms with van der Waals surface area (Å²) in [5.74, 6) is 0.